The third kappa shape index (κ3) is 4.03. The fourth-order valence-electron chi connectivity index (χ4n) is 2.47. The highest BCUT2D eigenvalue weighted by molar-refractivity contribution is 7.91. The number of rotatable bonds is 5. The van der Waals surface area contributed by atoms with Crippen molar-refractivity contribution < 1.29 is 13.5 Å². The molecule has 2 rings (SSSR count). The minimum Gasteiger partial charge on any atom is -0.388 e. The summed E-state index contributed by atoms with van der Waals surface area (Å²) in [5.74, 6) is 0.550. The number of sulfone groups is 1. The molecule has 1 aliphatic heterocycles. The molecule has 0 saturated carbocycles. The van der Waals surface area contributed by atoms with Gasteiger partial charge >= 0.3 is 0 Å². The molecule has 1 fully saturated rings. The van der Waals surface area contributed by atoms with Crippen LogP contribution in [0.3, 0.4) is 0 Å². The molecule has 2 atom stereocenters. The van der Waals surface area contributed by atoms with Crippen molar-refractivity contribution in [3.8, 4) is 0 Å². The molecule has 1 aromatic carbocycles. The summed E-state index contributed by atoms with van der Waals surface area (Å²) in [7, 11) is -0.902. The quantitative estimate of drug-likeness (QED) is 0.883. The van der Waals surface area contributed by atoms with Gasteiger partial charge in [0.05, 0.1) is 17.6 Å². The van der Waals surface area contributed by atoms with E-state index in [0.717, 1.165) is 5.56 Å². The number of hydrogen-bond donors (Lipinski definition) is 1. The summed E-state index contributed by atoms with van der Waals surface area (Å²) in [6.45, 7) is 0.705. The van der Waals surface area contributed by atoms with E-state index in [2.05, 4.69) is 4.90 Å². The Kier molecular flexibility index (Phi) is 4.60. The van der Waals surface area contributed by atoms with Gasteiger partial charge in [-0.15, -0.1) is 0 Å². The Morgan fingerprint density at radius 1 is 1.37 bits per heavy atom. The first-order valence-electron chi connectivity index (χ1n) is 6.61. The first-order chi connectivity index (χ1) is 8.98. The minimum atomic E-state index is -2.84. The van der Waals surface area contributed by atoms with Gasteiger partial charge in [0, 0.05) is 12.6 Å². The highest BCUT2D eigenvalue weighted by atomic mass is 32.2. The summed E-state index contributed by atoms with van der Waals surface area (Å²) in [5.41, 5.74) is 0.912. The highest BCUT2D eigenvalue weighted by Gasteiger charge is 2.30. The fourth-order valence-corrected chi connectivity index (χ4v) is 4.28. The van der Waals surface area contributed by atoms with E-state index < -0.39 is 15.9 Å². The molecule has 0 aromatic heterocycles. The normalized spacial score (nSPS) is 23.6. The van der Waals surface area contributed by atoms with Crippen molar-refractivity contribution >= 4 is 9.84 Å². The van der Waals surface area contributed by atoms with Crippen LogP contribution in [0, 0.1) is 0 Å². The predicted molar refractivity (Wildman–Crippen MR) is 75.7 cm³/mol. The fraction of sp³-hybridized carbons (Fsp3) is 0.571. The second-order valence-electron chi connectivity index (χ2n) is 5.25. The lowest BCUT2D eigenvalue weighted by atomic mass is 10.1. The van der Waals surface area contributed by atoms with Crippen LogP contribution in [0.4, 0.5) is 0 Å². The van der Waals surface area contributed by atoms with Gasteiger partial charge in [-0.25, -0.2) is 8.42 Å². The van der Waals surface area contributed by atoms with Crippen LogP contribution in [-0.2, 0) is 9.84 Å². The second kappa shape index (κ2) is 6.03. The van der Waals surface area contributed by atoms with Gasteiger partial charge in [-0.2, -0.15) is 0 Å². The van der Waals surface area contributed by atoms with Crippen LogP contribution in [0.15, 0.2) is 30.3 Å². The maximum absolute atomic E-state index is 11.4. The zero-order chi connectivity index (χ0) is 13.9. The zero-order valence-corrected chi connectivity index (χ0v) is 12.0. The van der Waals surface area contributed by atoms with Crippen LogP contribution < -0.4 is 0 Å². The van der Waals surface area contributed by atoms with Crippen molar-refractivity contribution in [1.29, 1.82) is 0 Å². The van der Waals surface area contributed by atoms with Gasteiger partial charge in [0.1, 0.15) is 0 Å². The van der Waals surface area contributed by atoms with Crippen molar-refractivity contribution in [3.63, 3.8) is 0 Å². The Labute approximate surface area is 115 Å². The van der Waals surface area contributed by atoms with E-state index in [1.54, 1.807) is 0 Å². The van der Waals surface area contributed by atoms with Crippen molar-refractivity contribution in [2.24, 2.45) is 0 Å². The molecule has 0 aliphatic carbocycles. The van der Waals surface area contributed by atoms with Gasteiger partial charge in [0.2, 0.25) is 0 Å². The van der Waals surface area contributed by atoms with Crippen molar-refractivity contribution in [2.45, 2.75) is 25.0 Å². The summed E-state index contributed by atoms with van der Waals surface area (Å²) < 4.78 is 22.9. The first-order valence-corrected chi connectivity index (χ1v) is 8.44. The summed E-state index contributed by atoms with van der Waals surface area (Å²) in [4.78, 5) is 2.05. The average molecular weight is 283 g/mol. The Bertz CT molecular complexity index is 501. The van der Waals surface area contributed by atoms with E-state index in [1.165, 1.54) is 0 Å². The van der Waals surface area contributed by atoms with Gasteiger partial charge < -0.3 is 10.0 Å². The number of aliphatic hydroxyl groups is 1. The third-order valence-electron chi connectivity index (χ3n) is 3.77. The summed E-state index contributed by atoms with van der Waals surface area (Å²) in [5, 5.41) is 10.1. The molecule has 0 amide bonds. The maximum Gasteiger partial charge on any atom is 0.151 e. The number of hydrogen-bond acceptors (Lipinski definition) is 4. The molecule has 1 aromatic rings. The number of benzene rings is 1. The van der Waals surface area contributed by atoms with Gasteiger partial charge in [0.15, 0.2) is 9.84 Å². The number of nitrogens with zero attached hydrogens (tertiary/aromatic N) is 1. The van der Waals surface area contributed by atoms with Gasteiger partial charge in [-0.3, -0.25) is 0 Å². The molecule has 1 saturated heterocycles. The van der Waals surface area contributed by atoms with Crippen LogP contribution in [0.5, 0.6) is 0 Å². The molecular weight excluding hydrogens is 262 g/mol. The Morgan fingerprint density at radius 2 is 2.05 bits per heavy atom. The summed E-state index contributed by atoms with van der Waals surface area (Å²) in [6.07, 6.45) is 0.846. The lowest BCUT2D eigenvalue weighted by Crippen LogP contribution is -2.34. The average Bonchev–Trinajstić information content (AvgIpc) is 2.77. The van der Waals surface area contributed by atoms with Crippen LogP contribution in [0.2, 0.25) is 0 Å². The predicted octanol–water partition coefficient (Wildman–Crippen LogP) is 1.23. The highest BCUT2D eigenvalue weighted by Crippen LogP contribution is 2.20. The molecule has 4 nitrogen and oxygen atoms in total. The molecule has 1 aliphatic rings. The lowest BCUT2D eigenvalue weighted by Gasteiger charge is -2.24. The van der Waals surface area contributed by atoms with Crippen molar-refractivity contribution in [2.75, 3.05) is 25.1 Å². The molecule has 1 heterocycles. The Balaban J connectivity index is 1.82. The molecule has 5 heteroatoms. The summed E-state index contributed by atoms with van der Waals surface area (Å²) >= 11 is 0. The number of aliphatic hydroxyl groups excluding tert-OH is 1. The standard InChI is InChI=1S/C14H21NO3S/c1-15(13-8-10-19(17,18)11-13)9-7-14(16)12-5-3-2-4-6-12/h2-6,13-14,16H,7-11H2,1H3. The molecule has 106 valence electrons. The monoisotopic (exact) mass is 283 g/mol. The van der Waals surface area contributed by atoms with E-state index in [0.29, 0.717) is 25.1 Å². The largest absolute Gasteiger partial charge is 0.388 e. The van der Waals surface area contributed by atoms with Gasteiger partial charge in [-0.1, -0.05) is 30.3 Å². The summed E-state index contributed by atoms with van der Waals surface area (Å²) in [6, 6.07) is 9.66. The van der Waals surface area contributed by atoms with Gasteiger partial charge in [-0.05, 0) is 25.5 Å². The van der Waals surface area contributed by atoms with Crippen molar-refractivity contribution in [3.05, 3.63) is 35.9 Å². The van der Waals surface area contributed by atoms with E-state index in [-0.39, 0.29) is 11.8 Å². The van der Waals surface area contributed by atoms with E-state index in [9.17, 15) is 13.5 Å². The molecule has 0 radical (unpaired) electrons. The molecular formula is C14H21NO3S. The first kappa shape index (κ1) is 14.5. The van der Waals surface area contributed by atoms with Gasteiger partial charge in [0.25, 0.3) is 0 Å². The second-order valence-corrected chi connectivity index (χ2v) is 7.48. The van der Waals surface area contributed by atoms with Crippen molar-refractivity contribution in [1.82, 2.24) is 4.90 Å². The molecule has 1 N–H and O–H groups in total. The van der Waals surface area contributed by atoms with Crippen LogP contribution in [0.25, 0.3) is 0 Å². The van der Waals surface area contributed by atoms with E-state index >= 15 is 0 Å². The topological polar surface area (TPSA) is 57.6 Å². The van der Waals surface area contributed by atoms with Crippen LogP contribution in [-0.4, -0.2) is 49.6 Å². The Hall–Kier alpha value is -0.910. The Morgan fingerprint density at radius 3 is 2.63 bits per heavy atom. The maximum atomic E-state index is 11.4. The third-order valence-corrected chi connectivity index (χ3v) is 5.52. The van der Waals surface area contributed by atoms with Crippen LogP contribution in [0.1, 0.15) is 24.5 Å². The molecule has 19 heavy (non-hydrogen) atoms. The zero-order valence-electron chi connectivity index (χ0n) is 11.2. The SMILES string of the molecule is CN(CCC(O)c1ccccc1)C1CCS(=O)(=O)C1. The van der Waals surface area contributed by atoms with E-state index in [1.807, 2.05) is 37.4 Å². The molecule has 0 spiro atoms. The lowest BCUT2D eigenvalue weighted by molar-refractivity contribution is 0.140. The minimum absolute atomic E-state index is 0.105. The van der Waals surface area contributed by atoms with Crippen LogP contribution >= 0.6 is 0 Å². The van der Waals surface area contributed by atoms with E-state index in [4.69, 9.17) is 0 Å². The molecule has 0 bridgehead atoms. The molecule has 2 unspecified atom stereocenters. The smallest absolute Gasteiger partial charge is 0.151 e.